The van der Waals surface area contributed by atoms with Crippen LogP contribution in [0.15, 0.2) is 36.4 Å². The highest BCUT2D eigenvalue weighted by Gasteiger charge is 2.34. The fourth-order valence-corrected chi connectivity index (χ4v) is 7.20. The highest BCUT2D eigenvalue weighted by molar-refractivity contribution is 6.22. The van der Waals surface area contributed by atoms with E-state index in [1.54, 1.807) is 6.07 Å². The van der Waals surface area contributed by atoms with Crippen molar-refractivity contribution >= 4 is 11.8 Å². The molecule has 1 aliphatic heterocycles. The molecule has 0 fully saturated rings. The van der Waals surface area contributed by atoms with Crippen LogP contribution in [0.3, 0.4) is 0 Å². The number of nitrogens with one attached hydrogen (secondary N) is 1. The standard InChI is InChI=1S/C45H71NO4/c1-3-5-7-9-11-13-15-17-19-21-23-25-30-34-49-41-37-40-42(45(48)46-44(40)47)39(36-38-32-28-27-29-33-38)43(41)50-35-31-26-24-22-20-18-16-14-12-10-8-6-4-2/h27-29,32-33,37H,3-26,30-31,34-36H2,1-2H3,(H,46,47,48). The summed E-state index contributed by atoms with van der Waals surface area (Å²) in [6.07, 6.45) is 34.4. The van der Waals surface area contributed by atoms with Crippen LogP contribution in [0, 0.1) is 0 Å². The van der Waals surface area contributed by atoms with E-state index in [0.717, 1.165) is 36.8 Å². The van der Waals surface area contributed by atoms with Gasteiger partial charge in [0, 0.05) is 12.0 Å². The summed E-state index contributed by atoms with van der Waals surface area (Å²) in [5.41, 5.74) is 2.66. The number of benzene rings is 2. The predicted octanol–water partition coefficient (Wildman–Crippen LogP) is 13.1. The van der Waals surface area contributed by atoms with Gasteiger partial charge in [-0.2, -0.15) is 0 Å². The lowest BCUT2D eigenvalue weighted by Crippen LogP contribution is -2.20. The second-order valence-corrected chi connectivity index (χ2v) is 14.7. The summed E-state index contributed by atoms with van der Waals surface area (Å²) in [6.45, 7) is 5.70. The molecule has 0 atom stereocenters. The Bertz CT molecular complexity index is 1190. The van der Waals surface area contributed by atoms with Gasteiger partial charge in [-0.05, 0) is 24.5 Å². The van der Waals surface area contributed by atoms with E-state index < -0.39 is 0 Å². The number of carbonyl (C=O) groups excluding carboxylic acids is 2. The van der Waals surface area contributed by atoms with Gasteiger partial charge in [0.1, 0.15) is 0 Å². The zero-order valence-corrected chi connectivity index (χ0v) is 32.1. The molecule has 0 aliphatic carbocycles. The summed E-state index contributed by atoms with van der Waals surface area (Å²) in [7, 11) is 0. The van der Waals surface area contributed by atoms with Crippen LogP contribution in [-0.2, 0) is 6.42 Å². The summed E-state index contributed by atoms with van der Waals surface area (Å²) in [6, 6.07) is 11.8. The molecule has 0 unspecified atom stereocenters. The van der Waals surface area contributed by atoms with Gasteiger partial charge in [0.15, 0.2) is 11.5 Å². The van der Waals surface area contributed by atoms with Crippen molar-refractivity contribution in [2.45, 2.75) is 187 Å². The molecule has 0 aromatic heterocycles. The molecule has 50 heavy (non-hydrogen) atoms. The van der Waals surface area contributed by atoms with Gasteiger partial charge in [-0.15, -0.1) is 0 Å². The van der Waals surface area contributed by atoms with Crippen LogP contribution in [0.1, 0.15) is 213 Å². The maximum Gasteiger partial charge on any atom is 0.259 e. The van der Waals surface area contributed by atoms with E-state index in [1.165, 1.54) is 141 Å². The van der Waals surface area contributed by atoms with Crippen LogP contribution < -0.4 is 14.8 Å². The zero-order chi connectivity index (χ0) is 35.5. The first-order valence-electron chi connectivity index (χ1n) is 21.0. The first-order chi connectivity index (χ1) is 24.7. The maximum absolute atomic E-state index is 13.0. The number of imide groups is 1. The molecule has 2 aromatic carbocycles. The Hall–Kier alpha value is -2.82. The molecule has 280 valence electrons. The number of rotatable bonds is 32. The molecular weight excluding hydrogens is 618 g/mol. The van der Waals surface area contributed by atoms with Crippen molar-refractivity contribution in [3.8, 4) is 11.5 Å². The van der Waals surface area contributed by atoms with Gasteiger partial charge < -0.3 is 9.47 Å². The van der Waals surface area contributed by atoms with Crippen LogP contribution in [0.5, 0.6) is 11.5 Å². The molecule has 3 rings (SSSR count). The third kappa shape index (κ3) is 16.5. The molecule has 2 amide bonds. The fraction of sp³-hybridized carbons (Fsp3) is 0.689. The van der Waals surface area contributed by atoms with Gasteiger partial charge in [-0.3, -0.25) is 14.9 Å². The largest absolute Gasteiger partial charge is 0.490 e. The number of carbonyl (C=O) groups is 2. The SMILES string of the molecule is CCCCCCCCCCCCCCCOc1cc2c(c(Cc3ccccc3)c1OCCCCCCCCCCCCCCC)C(=O)NC2=O. The van der Waals surface area contributed by atoms with E-state index in [0.29, 0.717) is 42.3 Å². The van der Waals surface area contributed by atoms with E-state index in [4.69, 9.17) is 9.47 Å². The second-order valence-electron chi connectivity index (χ2n) is 14.7. The maximum atomic E-state index is 13.0. The van der Waals surface area contributed by atoms with Gasteiger partial charge in [0.2, 0.25) is 0 Å². The van der Waals surface area contributed by atoms with Crippen LogP contribution in [0.2, 0.25) is 0 Å². The average molecular weight is 690 g/mol. The van der Waals surface area contributed by atoms with Gasteiger partial charge >= 0.3 is 0 Å². The summed E-state index contributed by atoms with van der Waals surface area (Å²) < 4.78 is 12.9. The lowest BCUT2D eigenvalue weighted by atomic mass is 9.95. The zero-order valence-electron chi connectivity index (χ0n) is 32.1. The minimum Gasteiger partial charge on any atom is -0.490 e. The lowest BCUT2D eigenvalue weighted by Gasteiger charge is -2.19. The van der Waals surface area contributed by atoms with E-state index in [2.05, 4.69) is 31.3 Å². The number of amides is 2. The Balaban J connectivity index is 1.47. The van der Waals surface area contributed by atoms with Crippen molar-refractivity contribution in [2.75, 3.05) is 13.2 Å². The van der Waals surface area contributed by atoms with Crippen molar-refractivity contribution in [2.24, 2.45) is 0 Å². The van der Waals surface area contributed by atoms with Gasteiger partial charge in [-0.1, -0.05) is 198 Å². The quantitative estimate of drug-likeness (QED) is 0.0613. The topological polar surface area (TPSA) is 64.6 Å². The molecule has 0 saturated heterocycles. The molecule has 0 bridgehead atoms. The molecule has 5 heteroatoms. The van der Waals surface area contributed by atoms with Crippen molar-refractivity contribution in [3.05, 3.63) is 58.7 Å². The Morgan fingerprint density at radius 3 is 1.38 bits per heavy atom. The van der Waals surface area contributed by atoms with Gasteiger partial charge in [-0.25, -0.2) is 0 Å². The summed E-state index contributed by atoms with van der Waals surface area (Å²) in [5, 5.41) is 2.51. The van der Waals surface area contributed by atoms with Crippen molar-refractivity contribution in [1.82, 2.24) is 5.32 Å². The van der Waals surface area contributed by atoms with E-state index in [1.807, 2.05) is 18.2 Å². The minimum absolute atomic E-state index is 0.343. The van der Waals surface area contributed by atoms with Gasteiger partial charge in [0.25, 0.3) is 11.8 Å². The molecule has 0 spiro atoms. The number of fused-ring (bicyclic) bond motifs is 1. The van der Waals surface area contributed by atoms with Gasteiger partial charge in [0.05, 0.1) is 24.3 Å². The smallest absolute Gasteiger partial charge is 0.259 e. The summed E-state index contributed by atoms with van der Waals surface area (Å²) in [4.78, 5) is 25.8. The Morgan fingerprint density at radius 2 is 0.920 bits per heavy atom. The number of ether oxygens (including phenoxy) is 2. The predicted molar refractivity (Wildman–Crippen MR) is 210 cm³/mol. The van der Waals surface area contributed by atoms with Crippen LogP contribution >= 0.6 is 0 Å². The number of hydrogen-bond donors (Lipinski definition) is 1. The third-order valence-corrected chi connectivity index (χ3v) is 10.3. The molecule has 2 aromatic rings. The Kier molecular flexibility index (Phi) is 22.4. The van der Waals surface area contributed by atoms with Crippen LogP contribution in [-0.4, -0.2) is 25.0 Å². The van der Waals surface area contributed by atoms with Crippen molar-refractivity contribution in [1.29, 1.82) is 0 Å². The molecule has 1 N–H and O–H groups in total. The number of hydrogen-bond acceptors (Lipinski definition) is 4. The first-order valence-corrected chi connectivity index (χ1v) is 21.0. The Labute approximate surface area is 306 Å². The third-order valence-electron chi connectivity index (χ3n) is 10.3. The Morgan fingerprint density at radius 1 is 0.500 bits per heavy atom. The number of unbranched alkanes of at least 4 members (excludes halogenated alkanes) is 24. The molecule has 1 heterocycles. The van der Waals surface area contributed by atoms with E-state index in [9.17, 15) is 9.59 Å². The average Bonchev–Trinajstić information content (AvgIpc) is 3.41. The molecular formula is C45H71NO4. The highest BCUT2D eigenvalue weighted by atomic mass is 16.5. The highest BCUT2D eigenvalue weighted by Crippen LogP contribution is 2.40. The fourth-order valence-electron chi connectivity index (χ4n) is 7.20. The summed E-state index contributed by atoms with van der Waals surface area (Å²) in [5.74, 6) is 0.525. The normalized spacial score (nSPS) is 12.4. The van der Waals surface area contributed by atoms with E-state index >= 15 is 0 Å². The first kappa shape index (κ1) is 41.6. The van der Waals surface area contributed by atoms with E-state index in [-0.39, 0.29) is 11.8 Å². The van der Waals surface area contributed by atoms with Crippen molar-refractivity contribution in [3.63, 3.8) is 0 Å². The molecule has 5 nitrogen and oxygen atoms in total. The molecule has 0 saturated carbocycles. The summed E-state index contributed by atoms with van der Waals surface area (Å²) >= 11 is 0. The minimum atomic E-state index is -0.354. The van der Waals surface area contributed by atoms with Crippen LogP contribution in [0.4, 0.5) is 0 Å². The molecule has 1 aliphatic rings. The lowest BCUT2D eigenvalue weighted by molar-refractivity contribution is 0.0879. The monoisotopic (exact) mass is 690 g/mol. The molecule has 0 radical (unpaired) electrons. The second kappa shape index (κ2) is 26.9. The van der Waals surface area contributed by atoms with Crippen molar-refractivity contribution < 1.29 is 19.1 Å². The van der Waals surface area contributed by atoms with Crippen LogP contribution in [0.25, 0.3) is 0 Å².